The van der Waals surface area contributed by atoms with E-state index < -0.39 is 0 Å². The van der Waals surface area contributed by atoms with Crippen LogP contribution >= 0.6 is 34.7 Å². The van der Waals surface area contributed by atoms with Crippen molar-refractivity contribution in [2.24, 2.45) is 0 Å². The van der Waals surface area contributed by atoms with Gasteiger partial charge in [-0.15, -0.1) is 23.1 Å². The van der Waals surface area contributed by atoms with Crippen molar-refractivity contribution in [1.29, 1.82) is 0 Å². The Morgan fingerprint density at radius 3 is 3.05 bits per heavy atom. The first-order valence-electron chi connectivity index (χ1n) is 7.36. The molecule has 3 atom stereocenters. The zero-order valence-corrected chi connectivity index (χ0v) is 14.7. The molecule has 4 heteroatoms. The van der Waals surface area contributed by atoms with Gasteiger partial charge >= 0.3 is 0 Å². The van der Waals surface area contributed by atoms with Crippen LogP contribution in [0.15, 0.2) is 39.9 Å². The third kappa shape index (κ3) is 3.84. The van der Waals surface area contributed by atoms with E-state index in [0.717, 1.165) is 11.4 Å². The Morgan fingerprint density at radius 1 is 1.38 bits per heavy atom. The molecule has 0 saturated heterocycles. The molecule has 0 spiro atoms. The van der Waals surface area contributed by atoms with Crippen LogP contribution in [0.1, 0.15) is 37.4 Å². The zero-order chi connectivity index (χ0) is 14.8. The maximum absolute atomic E-state index is 6.07. The van der Waals surface area contributed by atoms with Gasteiger partial charge in [0.05, 0.1) is 4.21 Å². The summed E-state index contributed by atoms with van der Waals surface area (Å²) < 4.78 is 1.49. The number of hydrogen-bond donors (Lipinski definition) is 1. The average Bonchev–Trinajstić information content (AvgIpc) is 2.86. The van der Waals surface area contributed by atoms with Crippen molar-refractivity contribution in [3.8, 4) is 0 Å². The maximum atomic E-state index is 6.07. The molecule has 3 rings (SSSR count). The first-order chi connectivity index (χ1) is 10.1. The highest BCUT2D eigenvalue weighted by atomic mass is 35.5. The van der Waals surface area contributed by atoms with Crippen LogP contribution in [-0.4, -0.2) is 11.3 Å². The molecule has 1 aromatic heterocycles. The molecule has 0 fully saturated rings. The number of halogens is 1. The average molecular weight is 338 g/mol. The van der Waals surface area contributed by atoms with E-state index in [1.165, 1.54) is 21.8 Å². The van der Waals surface area contributed by atoms with Gasteiger partial charge in [-0.2, -0.15) is 0 Å². The molecule has 1 aliphatic heterocycles. The molecule has 2 heterocycles. The Hall–Kier alpha value is -0.480. The van der Waals surface area contributed by atoms with Gasteiger partial charge in [-0.3, -0.25) is 0 Å². The van der Waals surface area contributed by atoms with Crippen molar-refractivity contribution in [3.63, 3.8) is 0 Å². The van der Waals surface area contributed by atoms with E-state index in [2.05, 4.69) is 42.7 Å². The molecule has 0 aliphatic carbocycles. The van der Waals surface area contributed by atoms with Crippen LogP contribution in [0.2, 0.25) is 5.02 Å². The Kier molecular flexibility index (Phi) is 4.95. The minimum Gasteiger partial charge on any atom is -0.307 e. The highest BCUT2D eigenvalue weighted by Crippen LogP contribution is 2.43. The number of thioether (sulfide) groups is 1. The fourth-order valence-electron chi connectivity index (χ4n) is 2.93. The number of rotatable bonds is 4. The lowest BCUT2D eigenvalue weighted by Crippen LogP contribution is -2.34. The van der Waals surface area contributed by atoms with E-state index >= 15 is 0 Å². The van der Waals surface area contributed by atoms with E-state index in [1.54, 1.807) is 0 Å². The molecule has 21 heavy (non-hydrogen) atoms. The van der Waals surface area contributed by atoms with Crippen LogP contribution in [0.5, 0.6) is 0 Å². The summed E-state index contributed by atoms with van der Waals surface area (Å²) in [5.41, 5.74) is 2.78. The number of thiophene rings is 1. The lowest BCUT2D eigenvalue weighted by atomic mass is 10.0. The van der Waals surface area contributed by atoms with Crippen molar-refractivity contribution in [2.75, 3.05) is 0 Å². The molecular formula is C17H20ClNS2. The van der Waals surface area contributed by atoms with Gasteiger partial charge in [0.15, 0.2) is 0 Å². The molecule has 0 bridgehead atoms. The summed E-state index contributed by atoms with van der Waals surface area (Å²) in [4.78, 5) is 0. The predicted molar refractivity (Wildman–Crippen MR) is 94.7 cm³/mol. The second-order valence-corrected chi connectivity index (χ2v) is 8.84. The van der Waals surface area contributed by atoms with Gasteiger partial charge in [0, 0.05) is 22.4 Å². The van der Waals surface area contributed by atoms with Gasteiger partial charge in [-0.05, 0) is 54.5 Å². The highest BCUT2D eigenvalue weighted by molar-refractivity contribution is 8.01. The molecule has 1 aliphatic rings. The molecule has 1 aromatic carbocycles. The second kappa shape index (κ2) is 6.74. The predicted octanol–water partition coefficient (Wildman–Crippen LogP) is 5.55. The van der Waals surface area contributed by atoms with Crippen LogP contribution in [0.4, 0.5) is 0 Å². The van der Waals surface area contributed by atoms with E-state index in [9.17, 15) is 0 Å². The normalized spacial score (nSPS) is 22.8. The van der Waals surface area contributed by atoms with Crippen LogP contribution < -0.4 is 5.32 Å². The minimum atomic E-state index is 0.441. The van der Waals surface area contributed by atoms with Gasteiger partial charge in [0.2, 0.25) is 0 Å². The van der Waals surface area contributed by atoms with Crippen LogP contribution in [0, 0.1) is 0 Å². The van der Waals surface area contributed by atoms with Crippen molar-refractivity contribution in [3.05, 3.63) is 51.9 Å². The number of hydrogen-bond acceptors (Lipinski definition) is 3. The molecule has 2 unspecified atom stereocenters. The molecule has 2 aromatic rings. The molecule has 0 saturated carbocycles. The monoisotopic (exact) mass is 337 g/mol. The third-order valence-corrected chi connectivity index (χ3v) is 6.41. The molecular weight excluding hydrogens is 318 g/mol. The second-order valence-electron chi connectivity index (χ2n) is 5.78. The summed E-state index contributed by atoms with van der Waals surface area (Å²) in [6.07, 6.45) is 2.21. The topological polar surface area (TPSA) is 12.0 Å². The van der Waals surface area contributed by atoms with Gasteiger partial charge in [-0.1, -0.05) is 30.7 Å². The Labute approximate surface area is 140 Å². The lowest BCUT2D eigenvalue weighted by molar-refractivity contribution is 0.425. The van der Waals surface area contributed by atoms with Gasteiger partial charge < -0.3 is 5.32 Å². The summed E-state index contributed by atoms with van der Waals surface area (Å²) >= 11 is 9.96. The largest absolute Gasteiger partial charge is 0.307 e. The standard InChI is InChI=1S/C17H20ClNS2/c1-11(8-13-4-3-5-14(18)10-13)19-16-9-12(2)21-17-15(16)6-7-20-17/h3-7,10-12,16,19H,8-9H2,1-2H3/t11?,12-,16?/m0/s1. The summed E-state index contributed by atoms with van der Waals surface area (Å²) in [6.45, 7) is 4.59. The zero-order valence-electron chi connectivity index (χ0n) is 12.3. The summed E-state index contributed by atoms with van der Waals surface area (Å²) in [6, 6.07) is 11.4. The van der Waals surface area contributed by atoms with Gasteiger partial charge in [0.1, 0.15) is 0 Å². The van der Waals surface area contributed by atoms with Crippen molar-refractivity contribution in [2.45, 2.75) is 48.2 Å². The third-order valence-electron chi connectivity index (χ3n) is 3.83. The maximum Gasteiger partial charge on any atom is 0.0649 e. The Morgan fingerprint density at radius 2 is 2.24 bits per heavy atom. The van der Waals surface area contributed by atoms with Crippen molar-refractivity contribution in [1.82, 2.24) is 5.32 Å². The molecule has 0 radical (unpaired) electrons. The fraction of sp³-hybridized carbons (Fsp3) is 0.412. The first kappa shape index (κ1) is 15.4. The molecule has 1 N–H and O–H groups in total. The van der Waals surface area contributed by atoms with Crippen molar-refractivity contribution >= 4 is 34.7 Å². The fourth-order valence-corrected chi connectivity index (χ4v) is 5.71. The van der Waals surface area contributed by atoms with Crippen LogP contribution in [-0.2, 0) is 6.42 Å². The molecule has 0 amide bonds. The van der Waals surface area contributed by atoms with E-state index in [0.29, 0.717) is 17.3 Å². The molecule has 1 nitrogen and oxygen atoms in total. The lowest BCUT2D eigenvalue weighted by Gasteiger charge is -2.30. The number of nitrogens with one attached hydrogen (secondary N) is 1. The Balaban J connectivity index is 1.67. The number of benzene rings is 1. The number of fused-ring (bicyclic) bond motifs is 1. The Bertz CT molecular complexity index is 610. The summed E-state index contributed by atoms with van der Waals surface area (Å²) in [7, 11) is 0. The smallest absolute Gasteiger partial charge is 0.0649 e. The molecule has 112 valence electrons. The van der Waals surface area contributed by atoms with Crippen LogP contribution in [0.25, 0.3) is 0 Å². The van der Waals surface area contributed by atoms with E-state index in [4.69, 9.17) is 11.6 Å². The first-order valence-corrected chi connectivity index (χ1v) is 9.50. The quantitative estimate of drug-likeness (QED) is 0.785. The van der Waals surface area contributed by atoms with Gasteiger partial charge in [-0.25, -0.2) is 0 Å². The SMILES string of the molecule is CC(Cc1cccc(Cl)c1)NC1C[C@H](C)Sc2sccc21. The summed E-state index contributed by atoms with van der Waals surface area (Å²) in [5, 5.41) is 7.53. The van der Waals surface area contributed by atoms with Crippen LogP contribution in [0.3, 0.4) is 0 Å². The highest BCUT2D eigenvalue weighted by Gasteiger charge is 2.27. The summed E-state index contributed by atoms with van der Waals surface area (Å²) in [5.74, 6) is 0. The van der Waals surface area contributed by atoms with E-state index in [1.807, 2.05) is 35.2 Å². The van der Waals surface area contributed by atoms with E-state index in [-0.39, 0.29) is 0 Å². The van der Waals surface area contributed by atoms with Crippen molar-refractivity contribution < 1.29 is 0 Å². The van der Waals surface area contributed by atoms with Gasteiger partial charge in [0.25, 0.3) is 0 Å². The minimum absolute atomic E-state index is 0.441.